The molecule has 0 atom stereocenters. The molecule has 104 valence electrons. The molecule has 0 N–H and O–H groups in total. The lowest BCUT2D eigenvalue weighted by Gasteiger charge is -2.39. The normalized spacial score (nSPS) is 29.6. The molecule has 2 aliphatic carbocycles. The second kappa shape index (κ2) is 5.24. The van der Waals surface area contributed by atoms with Crippen LogP contribution in [0.5, 0.6) is 0 Å². The number of benzene rings is 1. The van der Waals surface area contributed by atoms with E-state index in [-0.39, 0.29) is 5.30 Å². The lowest BCUT2D eigenvalue weighted by Crippen LogP contribution is -2.41. The fraction of sp³-hybridized carbons (Fsp3) is 0.600. The Bertz CT molecular complexity index is 504. The van der Waals surface area contributed by atoms with Gasteiger partial charge in [-0.2, -0.15) is 0 Å². The van der Waals surface area contributed by atoms with Gasteiger partial charge >= 0.3 is 0 Å². The van der Waals surface area contributed by atoms with Crippen LogP contribution < -0.4 is 0 Å². The van der Waals surface area contributed by atoms with E-state index in [0.29, 0.717) is 11.5 Å². The summed E-state index contributed by atoms with van der Waals surface area (Å²) in [7, 11) is 6.50. The van der Waals surface area contributed by atoms with Gasteiger partial charge in [-0.25, -0.2) is 0 Å². The summed E-state index contributed by atoms with van der Waals surface area (Å²) < 4.78 is 7.39. The van der Waals surface area contributed by atoms with Crippen LogP contribution in [0.25, 0.3) is 0 Å². The summed E-state index contributed by atoms with van der Waals surface area (Å²) in [6.07, 6.45) is 8.11. The van der Waals surface area contributed by atoms with Crippen LogP contribution in [-0.2, 0) is 17.6 Å². The summed E-state index contributed by atoms with van der Waals surface area (Å²) in [4.78, 5) is 0. The predicted octanol–water partition coefficient (Wildman–Crippen LogP) is 1.00. The van der Waals surface area contributed by atoms with Crippen LogP contribution >= 0.6 is 15.9 Å². The zero-order valence-electron chi connectivity index (χ0n) is 12.8. The van der Waals surface area contributed by atoms with Crippen molar-refractivity contribution in [2.45, 2.75) is 49.9 Å². The van der Waals surface area contributed by atoms with Gasteiger partial charge in [0.15, 0.2) is 0 Å². The van der Waals surface area contributed by atoms with E-state index in [4.69, 9.17) is 4.74 Å². The van der Waals surface area contributed by atoms with E-state index in [1.54, 1.807) is 11.1 Å². The van der Waals surface area contributed by atoms with Gasteiger partial charge in [0.2, 0.25) is 0 Å². The van der Waals surface area contributed by atoms with Crippen molar-refractivity contribution in [3.63, 3.8) is 0 Å². The first-order valence-corrected chi connectivity index (χ1v) is 8.60. The summed E-state index contributed by atoms with van der Waals surface area (Å²) in [5.41, 5.74) is 3.67. The molecule has 0 aromatic heterocycles. The molecule has 0 heterocycles. The van der Waals surface area contributed by atoms with Gasteiger partial charge in [-0.3, -0.25) is 0 Å². The minimum Gasteiger partial charge on any atom is -0.398 e. The second-order valence-corrected chi connectivity index (χ2v) is 8.61. The molecule has 0 radical (unpaired) electrons. The number of rotatable bonds is 2. The van der Waals surface area contributed by atoms with Gasteiger partial charge in [-0.15, -0.1) is 0 Å². The highest BCUT2D eigenvalue weighted by molar-refractivity contribution is 9.10. The Morgan fingerprint density at radius 1 is 1.10 bits per heavy atom. The van der Waals surface area contributed by atoms with Crippen molar-refractivity contribution < 1.29 is 4.74 Å². The molecule has 0 saturated heterocycles. The van der Waals surface area contributed by atoms with E-state index in [1.807, 2.05) is 0 Å². The number of halogens is 1. The van der Waals surface area contributed by atoms with Crippen molar-refractivity contribution in [2.75, 3.05) is 0 Å². The van der Waals surface area contributed by atoms with Crippen LogP contribution in [0.1, 0.15) is 36.8 Å². The van der Waals surface area contributed by atoms with Crippen molar-refractivity contribution in [3.05, 3.63) is 33.8 Å². The highest BCUT2D eigenvalue weighted by Gasteiger charge is 2.40. The molecule has 0 aliphatic heterocycles. The van der Waals surface area contributed by atoms with E-state index in [0.717, 1.165) is 0 Å². The summed E-state index contributed by atoms with van der Waals surface area (Å²) >= 11 is 3.60. The van der Waals surface area contributed by atoms with E-state index in [2.05, 4.69) is 57.7 Å². The van der Waals surface area contributed by atoms with Crippen LogP contribution in [0.4, 0.5) is 0 Å². The molecule has 0 amide bonds. The van der Waals surface area contributed by atoms with Crippen LogP contribution in [0.3, 0.4) is 0 Å². The van der Waals surface area contributed by atoms with Crippen LogP contribution in [0.2, 0.25) is 0 Å². The monoisotopic (exact) mass is 330 g/mol. The third kappa shape index (κ3) is 3.19. The largest absolute Gasteiger partial charge is 0.398 e. The fourth-order valence-corrected chi connectivity index (χ4v) is 4.39. The lowest BCUT2D eigenvalue weighted by atomic mass is 9.52. The zero-order valence-corrected chi connectivity index (χ0v) is 14.4. The van der Waals surface area contributed by atoms with Crippen molar-refractivity contribution in [1.82, 2.24) is 0 Å². The molecule has 5 heteroatoms. The molecule has 0 unspecified atom stereocenters. The second-order valence-electron chi connectivity index (χ2n) is 7.70. The molecule has 20 heavy (non-hydrogen) atoms. The minimum absolute atomic E-state index is 0.00132. The third-order valence-electron chi connectivity index (χ3n) is 4.81. The zero-order chi connectivity index (χ0) is 14.4. The summed E-state index contributed by atoms with van der Waals surface area (Å²) in [6.45, 7) is 0. The molecule has 3 rings (SSSR count). The number of hydrogen-bond donors (Lipinski definition) is 0. The molecule has 1 aromatic carbocycles. The van der Waals surface area contributed by atoms with Crippen LogP contribution in [0, 0.1) is 5.41 Å². The number of hydrogen-bond acceptors (Lipinski definition) is 1. The van der Waals surface area contributed by atoms with Crippen LogP contribution in [-0.4, -0.2) is 34.9 Å². The van der Waals surface area contributed by atoms with Crippen molar-refractivity contribution in [3.8, 4) is 0 Å². The van der Waals surface area contributed by atoms with Crippen molar-refractivity contribution in [2.24, 2.45) is 5.41 Å². The topological polar surface area (TPSA) is 9.23 Å². The molecular formula is C15H22B3BrO. The van der Waals surface area contributed by atoms with Gasteiger partial charge in [-0.05, 0) is 72.5 Å². The highest BCUT2D eigenvalue weighted by Crippen LogP contribution is 2.48. The highest BCUT2D eigenvalue weighted by atomic mass is 79.9. The third-order valence-corrected chi connectivity index (χ3v) is 5.31. The maximum absolute atomic E-state index is 6.17. The Kier molecular flexibility index (Phi) is 3.88. The van der Waals surface area contributed by atoms with E-state index in [9.17, 15) is 0 Å². The fourth-order valence-electron chi connectivity index (χ4n) is 3.98. The summed E-state index contributed by atoms with van der Waals surface area (Å²) in [5, 5.41) is -0.00132. The van der Waals surface area contributed by atoms with Crippen molar-refractivity contribution in [1.29, 1.82) is 0 Å². The molecule has 1 saturated carbocycles. The minimum atomic E-state index is -0.00132. The van der Waals surface area contributed by atoms with Gasteiger partial charge in [0.25, 0.3) is 0 Å². The Morgan fingerprint density at radius 3 is 2.40 bits per heavy atom. The molecule has 1 spiro atoms. The first-order valence-electron chi connectivity index (χ1n) is 7.80. The smallest absolute Gasteiger partial charge is 0.121 e. The maximum atomic E-state index is 6.17. The number of ether oxygens (including phenoxy) is 1. The number of fused-ring (bicyclic) bond motifs is 1. The Labute approximate surface area is 133 Å². The van der Waals surface area contributed by atoms with Crippen molar-refractivity contribution >= 4 is 39.5 Å². The van der Waals surface area contributed by atoms with Gasteiger partial charge < -0.3 is 4.74 Å². The summed E-state index contributed by atoms with van der Waals surface area (Å²) in [6, 6.07) is 6.82. The SMILES string of the molecule is BC(B)(B)O[C@H]1CC[C@]2(CC1)Cc1ccc(Br)cc1C2. The molecule has 1 nitrogen and oxygen atoms in total. The lowest BCUT2D eigenvalue weighted by molar-refractivity contribution is -0.00676. The van der Waals surface area contributed by atoms with E-state index >= 15 is 0 Å². The van der Waals surface area contributed by atoms with Gasteiger partial charge in [0, 0.05) is 4.47 Å². The maximum Gasteiger partial charge on any atom is 0.121 e. The molecule has 1 fully saturated rings. The Hall–Kier alpha value is -0.145. The van der Waals surface area contributed by atoms with Gasteiger partial charge in [-0.1, -0.05) is 22.0 Å². The van der Waals surface area contributed by atoms with E-state index in [1.165, 1.54) is 43.0 Å². The van der Waals surface area contributed by atoms with Gasteiger partial charge in [0.05, 0.1) is 6.10 Å². The quantitative estimate of drug-likeness (QED) is 0.735. The Balaban J connectivity index is 1.65. The average Bonchev–Trinajstić information content (AvgIpc) is 2.68. The van der Waals surface area contributed by atoms with Crippen LogP contribution in [0.15, 0.2) is 22.7 Å². The van der Waals surface area contributed by atoms with Gasteiger partial charge in [0.1, 0.15) is 23.5 Å². The molecular weight excluding hydrogens is 309 g/mol. The molecule has 1 aromatic rings. The average molecular weight is 331 g/mol. The molecule has 2 aliphatic rings. The summed E-state index contributed by atoms with van der Waals surface area (Å²) in [5.74, 6) is 0. The predicted molar refractivity (Wildman–Crippen MR) is 95.7 cm³/mol. The Morgan fingerprint density at radius 2 is 1.75 bits per heavy atom. The first-order chi connectivity index (χ1) is 9.35. The van der Waals surface area contributed by atoms with E-state index < -0.39 is 0 Å². The molecule has 0 bridgehead atoms. The first kappa shape index (κ1) is 14.8. The standard InChI is InChI=1S/C15H22B3BrO/c16-15(17,18)20-13-3-5-14(6-4-13)8-10-1-2-12(19)7-11(10)9-14/h1-2,7,13H,3-6,8-9,16-18H2/t13-,14-.